The molecular formula is C30H27N9O. The molecule has 0 saturated heterocycles. The Bertz CT molecular complexity index is 1750. The first-order chi connectivity index (χ1) is 19.5. The zero-order chi connectivity index (χ0) is 27.2. The summed E-state index contributed by atoms with van der Waals surface area (Å²) in [5.74, 6) is -0.536. The Morgan fingerprint density at radius 1 is 1.02 bits per heavy atom. The minimum absolute atomic E-state index is 0.429. The van der Waals surface area contributed by atoms with Gasteiger partial charge in [-0.25, -0.2) is 4.52 Å². The Morgan fingerprint density at radius 2 is 1.82 bits per heavy atom. The number of aromatic nitrogens is 6. The van der Waals surface area contributed by atoms with Crippen molar-refractivity contribution in [1.29, 1.82) is 0 Å². The number of nitrogens with two attached hydrogens (primary N) is 1. The molecule has 10 nitrogen and oxygen atoms in total. The zero-order valence-corrected chi connectivity index (χ0v) is 21.8. The standard InChI is InChI=1S/C30H27N9O/c1-37-10-12-38(13-11-37)22-14-23(27-17-32-8-9-33-27)29-24(16-34-39(29)18-22)19-2-6-21(7-3-19)28(30(31)40)26-15-25(35-36-26)20-4-5-20/h2-3,6-18,20,28H,4-5H2,1H3,(H2,31,40)(H,35,36). The fourth-order valence-electron chi connectivity index (χ4n) is 5.16. The molecule has 1 aromatic carbocycles. The van der Waals surface area contributed by atoms with Gasteiger partial charge in [-0.3, -0.25) is 19.9 Å². The van der Waals surface area contributed by atoms with E-state index in [4.69, 9.17) is 10.8 Å². The number of primary amides is 1. The number of carbonyl (C=O) groups is 1. The highest BCUT2D eigenvalue weighted by atomic mass is 16.1. The molecule has 40 heavy (non-hydrogen) atoms. The lowest BCUT2D eigenvalue weighted by Crippen LogP contribution is -2.22. The SMILES string of the molecule is CN1C=CN(c2cc(-c3cnccn3)c3c(-c4ccc(C(C(N)=O)c5cc(C6CC6)[nH]n5)cc4)cnn3c2)C=C1. The van der Waals surface area contributed by atoms with Crippen molar-refractivity contribution in [3.63, 3.8) is 0 Å². The highest BCUT2D eigenvalue weighted by Crippen LogP contribution is 2.40. The smallest absolute Gasteiger partial charge is 0.231 e. The molecule has 0 radical (unpaired) electrons. The first-order valence-electron chi connectivity index (χ1n) is 13.1. The molecule has 5 aromatic rings. The van der Waals surface area contributed by atoms with E-state index < -0.39 is 11.8 Å². The summed E-state index contributed by atoms with van der Waals surface area (Å²) in [7, 11) is 1.98. The van der Waals surface area contributed by atoms with E-state index in [1.165, 1.54) is 0 Å². The summed E-state index contributed by atoms with van der Waals surface area (Å²) < 4.78 is 1.87. The van der Waals surface area contributed by atoms with Gasteiger partial charge in [0, 0.05) is 67.0 Å². The minimum atomic E-state index is -0.621. The normalized spacial score (nSPS) is 15.6. The summed E-state index contributed by atoms with van der Waals surface area (Å²) in [6, 6.07) is 11.9. The largest absolute Gasteiger partial charge is 0.369 e. The molecule has 5 heterocycles. The average Bonchev–Trinajstić information content (AvgIpc) is 3.56. The van der Waals surface area contributed by atoms with E-state index in [9.17, 15) is 4.79 Å². The predicted molar refractivity (Wildman–Crippen MR) is 152 cm³/mol. The fraction of sp³-hybridized carbons (Fsp3) is 0.167. The zero-order valence-electron chi connectivity index (χ0n) is 21.8. The molecule has 1 aliphatic carbocycles. The molecular weight excluding hydrogens is 502 g/mol. The van der Waals surface area contributed by atoms with Gasteiger partial charge in [0.15, 0.2) is 0 Å². The quantitative estimate of drug-likeness (QED) is 0.321. The van der Waals surface area contributed by atoms with Gasteiger partial charge in [0.2, 0.25) is 5.91 Å². The maximum Gasteiger partial charge on any atom is 0.231 e. The van der Waals surface area contributed by atoms with Crippen LogP contribution in [0.4, 0.5) is 5.69 Å². The molecule has 1 amide bonds. The van der Waals surface area contributed by atoms with Gasteiger partial charge < -0.3 is 15.5 Å². The molecule has 10 heteroatoms. The summed E-state index contributed by atoms with van der Waals surface area (Å²) in [5, 5.41) is 12.2. The number of nitrogens with zero attached hydrogens (tertiary/aromatic N) is 7. The number of pyridine rings is 1. The number of anilines is 1. The summed E-state index contributed by atoms with van der Waals surface area (Å²) in [6.07, 6.45) is 19.2. The van der Waals surface area contributed by atoms with Crippen LogP contribution in [-0.2, 0) is 4.79 Å². The van der Waals surface area contributed by atoms with Crippen LogP contribution in [0.5, 0.6) is 0 Å². The number of hydrogen-bond acceptors (Lipinski definition) is 7. The van der Waals surface area contributed by atoms with Gasteiger partial charge in [-0.15, -0.1) is 0 Å². The summed E-state index contributed by atoms with van der Waals surface area (Å²) in [6.45, 7) is 0. The van der Waals surface area contributed by atoms with E-state index in [1.54, 1.807) is 18.6 Å². The van der Waals surface area contributed by atoms with Gasteiger partial charge in [0.25, 0.3) is 0 Å². The second kappa shape index (κ2) is 9.49. The first kappa shape index (κ1) is 23.8. The second-order valence-corrected chi connectivity index (χ2v) is 10.2. The maximum atomic E-state index is 12.5. The molecule has 0 spiro atoms. The van der Waals surface area contributed by atoms with Crippen molar-refractivity contribution in [1.82, 2.24) is 34.7 Å². The van der Waals surface area contributed by atoms with Crippen molar-refractivity contribution in [2.24, 2.45) is 5.73 Å². The second-order valence-electron chi connectivity index (χ2n) is 10.2. The highest BCUT2D eigenvalue weighted by molar-refractivity contribution is 5.93. The van der Waals surface area contributed by atoms with E-state index in [1.807, 2.05) is 88.9 Å². The van der Waals surface area contributed by atoms with Crippen LogP contribution in [0.15, 0.2) is 92.2 Å². The number of carbonyl (C=O) groups excluding carboxylic acids is 1. The van der Waals surface area contributed by atoms with Gasteiger partial charge in [0.05, 0.1) is 41.2 Å². The maximum absolute atomic E-state index is 12.5. The number of hydrogen-bond donors (Lipinski definition) is 2. The van der Waals surface area contributed by atoms with Crippen LogP contribution in [0.1, 0.15) is 41.6 Å². The van der Waals surface area contributed by atoms with Gasteiger partial charge in [-0.2, -0.15) is 10.2 Å². The third-order valence-electron chi connectivity index (χ3n) is 7.43. The number of amides is 1. The van der Waals surface area contributed by atoms with Gasteiger partial charge in [-0.1, -0.05) is 24.3 Å². The fourth-order valence-corrected chi connectivity index (χ4v) is 5.16. The Hall–Kier alpha value is -5.25. The highest BCUT2D eigenvalue weighted by Gasteiger charge is 2.29. The number of aromatic amines is 1. The van der Waals surface area contributed by atoms with Crippen molar-refractivity contribution < 1.29 is 4.79 Å². The Morgan fingerprint density at radius 3 is 2.52 bits per heavy atom. The molecule has 3 N–H and O–H groups in total. The third-order valence-corrected chi connectivity index (χ3v) is 7.43. The van der Waals surface area contributed by atoms with Gasteiger partial charge in [-0.05, 0) is 36.1 Å². The molecule has 1 fully saturated rings. The van der Waals surface area contributed by atoms with Crippen molar-refractivity contribution in [2.45, 2.75) is 24.7 Å². The van der Waals surface area contributed by atoms with Crippen LogP contribution in [0, 0.1) is 0 Å². The molecule has 1 aliphatic heterocycles. The molecule has 1 saturated carbocycles. The van der Waals surface area contributed by atoms with Crippen LogP contribution in [0.25, 0.3) is 27.9 Å². The Kier molecular flexibility index (Phi) is 5.66. The van der Waals surface area contributed by atoms with E-state index >= 15 is 0 Å². The van der Waals surface area contributed by atoms with E-state index in [0.29, 0.717) is 11.6 Å². The average molecular weight is 530 g/mol. The molecule has 7 rings (SSSR count). The monoisotopic (exact) mass is 529 g/mol. The topological polar surface area (TPSA) is 121 Å². The molecule has 0 bridgehead atoms. The summed E-state index contributed by atoms with van der Waals surface area (Å²) >= 11 is 0. The number of fused-ring (bicyclic) bond motifs is 1. The predicted octanol–water partition coefficient (Wildman–Crippen LogP) is 4.37. The lowest BCUT2D eigenvalue weighted by atomic mass is 9.92. The molecule has 4 aromatic heterocycles. The van der Waals surface area contributed by atoms with E-state index in [0.717, 1.165) is 57.7 Å². The number of nitrogens with one attached hydrogen (secondary N) is 1. The number of H-pyrrole nitrogens is 1. The van der Waals surface area contributed by atoms with E-state index in [-0.39, 0.29) is 0 Å². The van der Waals surface area contributed by atoms with Crippen molar-refractivity contribution >= 4 is 17.1 Å². The van der Waals surface area contributed by atoms with Crippen LogP contribution in [0.2, 0.25) is 0 Å². The van der Waals surface area contributed by atoms with E-state index in [2.05, 4.69) is 26.2 Å². The molecule has 198 valence electrons. The van der Waals surface area contributed by atoms with Gasteiger partial charge in [0.1, 0.15) is 5.92 Å². The van der Waals surface area contributed by atoms with Crippen LogP contribution < -0.4 is 10.6 Å². The number of rotatable bonds is 7. The Labute approximate surface area is 230 Å². The lowest BCUT2D eigenvalue weighted by molar-refractivity contribution is -0.118. The van der Waals surface area contributed by atoms with Crippen LogP contribution >= 0.6 is 0 Å². The molecule has 1 atom stereocenters. The molecule has 1 unspecified atom stereocenters. The summed E-state index contributed by atoms with van der Waals surface area (Å²) in [4.78, 5) is 25.4. The first-order valence-corrected chi connectivity index (χ1v) is 13.1. The van der Waals surface area contributed by atoms with Gasteiger partial charge >= 0.3 is 0 Å². The van der Waals surface area contributed by atoms with Crippen molar-refractivity contribution in [2.75, 3.05) is 11.9 Å². The van der Waals surface area contributed by atoms with Crippen molar-refractivity contribution in [3.05, 3.63) is 109 Å². The number of benzene rings is 1. The Balaban J connectivity index is 1.29. The van der Waals surface area contributed by atoms with Crippen molar-refractivity contribution in [3.8, 4) is 22.4 Å². The summed E-state index contributed by atoms with van der Waals surface area (Å²) in [5.41, 5.74) is 13.8. The third kappa shape index (κ3) is 4.29. The van der Waals surface area contributed by atoms with Crippen LogP contribution in [-0.4, -0.2) is 47.6 Å². The lowest BCUT2D eigenvalue weighted by Gasteiger charge is -2.23. The minimum Gasteiger partial charge on any atom is -0.369 e. The molecule has 2 aliphatic rings. The van der Waals surface area contributed by atoms with Crippen LogP contribution in [0.3, 0.4) is 0 Å².